The molecule has 176 valence electrons. The van der Waals surface area contributed by atoms with Gasteiger partial charge in [-0.25, -0.2) is 0 Å². The number of hydrogen-bond acceptors (Lipinski definition) is 6. The van der Waals surface area contributed by atoms with Crippen molar-refractivity contribution in [2.24, 2.45) is 0 Å². The standard InChI is InChI=1S/C25H32N4O4/c1-28-12-10-20(11-13-28)29(2)16-21(18-6-4-3-5-7-18)27-24(30)15-26-25(31)19-8-9-22-23(14-19)33-17-32-22/h3-9,14,20-21H,10-13,15-17H2,1-2H3,(H,26,31)(H,27,30). The molecule has 2 aromatic carbocycles. The molecule has 2 aliphatic rings. The molecule has 8 nitrogen and oxygen atoms in total. The Labute approximate surface area is 194 Å². The molecule has 2 aromatic rings. The Hall–Kier alpha value is -3.10. The zero-order valence-corrected chi connectivity index (χ0v) is 19.3. The Balaban J connectivity index is 1.34. The molecule has 0 spiro atoms. The van der Waals surface area contributed by atoms with Crippen molar-refractivity contribution < 1.29 is 19.1 Å². The molecule has 0 radical (unpaired) electrons. The van der Waals surface area contributed by atoms with E-state index in [1.54, 1.807) is 18.2 Å². The fraction of sp³-hybridized carbons (Fsp3) is 0.440. The van der Waals surface area contributed by atoms with E-state index in [2.05, 4.69) is 34.5 Å². The van der Waals surface area contributed by atoms with Crippen LogP contribution in [-0.4, -0.2) is 74.7 Å². The van der Waals surface area contributed by atoms with Crippen LogP contribution in [0, 0.1) is 0 Å². The maximum absolute atomic E-state index is 12.8. The first-order chi connectivity index (χ1) is 16.0. The maximum Gasteiger partial charge on any atom is 0.251 e. The van der Waals surface area contributed by atoms with Crippen LogP contribution < -0.4 is 20.1 Å². The van der Waals surface area contributed by atoms with Crippen LogP contribution in [0.25, 0.3) is 0 Å². The summed E-state index contributed by atoms with van der Waals surface area (Å²) in [6, 6.07) is 15.3. The van der Waals surface area contributed by atoms with Gasteiger partial charge in [0.05, 0.1) is 12.6 Å². The first-order valence-corrected chi connectivity index (χ1v) is 11.4. The number of nitrogens with zero attached hydrogens (tertiary/aromatic N) is 2. The molecule has 2 aliphatic heterocycles. The number of amides is 2. The lowest BCUT2D eigenvalue weighted by atomic mass is 10.0. The number of hydrogen-bond donors (Lipinski definition) is 2. The highest BCUT2D eigenvalue weighted by atomic mass is 16.7. The first-order valence-electron chi connectivity index (χ1n) is 11.4. The average Bonchev–Trinajstić information content (AvgIpc) is 3.31. The van der Waals surface area contributed by atoms with Crippen LogP contribution in [0.3, 0.4) is 0 Å². The van der Waals surface area contributed by atoms with Gasteiger partial charge in [-0.15, -0.1) is 0 Å². The predicted molar refractivity (Wildman–Crippen MR) is 125 cm³/mol. The van der Waals surface area contributed by atoms with Crippen molar-refractivity contribution in [3.8, 4) is 11.5 Å². The van der Waals surface area contributed by atoms with Crippen molar-refractivity contribution in [1.82, 2.24) is 20.4 Å². The number of carbonyl (C=O) groups excluding carboxylic acids is 2. The van der Waals surface area contributed by atoms with Crippen molar-refractivity contribution in [2.45, 2.75) is 24.9 Å². The molecule has 4 rings (SSSR count). The van der Waals surface area contributed by atoms with Crippen molar-refractivity contribution >= 4 is 11.8 Å². The molecule has 1 fully saturated rings. The summed E-state index contributed by atoms with van der Waals surface area (Å²) in [6.07, 6.45) is 2.24. The van der Waals surface area contributed by atoms with E-state index in [0.717, 1.165) is 31.5 Å². The second kappa shape index (κ2) is 10.7. The summed E-state index contributed by atoms with van der Waals surface area (Å²) >= 11 is 0. The molecule has 33 heavy (non-hydrogen) atoms. The van der Waals surface area contributed by atoms with E-state index < -0.39 is 0 Å². The lowest BCUT2D eigenvalue weighted by Gasteiger charge is -2.37. The number of likely N-dealkylation sites (tertiary alicyclic amines) is 1. The topological polar surface area (TPSA) is 83.1 Å². The summed E-state index contributed by atoms with van der Waals surface area (Å²) in [4.78, 5) is 30.0. The van der Waals surface area contributed by atoms with Crippen molar-refractivity contribution in [1.29, 1.82) is 0 Å². The molecular weight excluding hydrogens is 420 g/mol. The number of carbonyl (C=O) groups is 2. The van der Waals surface area contributed by atoms with E-state index in [0.29, 0.717) is 29.6 Å². The van der Waals surface area contributed by atoms with Gasteiger partial charge in [-0.2, -0.15) is 0 Å². The molecular formula is C25H32N4O4. The Morgan fingerprint density at radius 3 is 2.58 bits per heavy atom. The van der Waals surface area contributed by atoms with Crippen LogP contribution >= 0.6 is 0 Å². The normalized spacial score (nSPS) is 17.1. The fourth-order valence-corrected chi connectivity index (χ4v) is 4.34. The number of fused-ring (bicyclic) bond motifs is 1. The van der Waals surface area contributed by atoms with Gasteiger partial charge in [0.1, 0.15) is 0 Å². The number of benzene rings is 2. The van der Waals surface area contributed by atoms with Crippen LogP contribution in [0.5, 0.6) is 11.5 Å². The molecule has 1 atom stereocenters. The van der Waals surface area contributed by atoms with Gasteiger partial charge in [-0.05, 0) is 63.8 Å². The third-order valence-electron chi connectivity index (χ3n) is 6.36. The van der Waals surface area contributed by atoms with Gasteiger partial charge in [-0.1, -0.05) is 30.3 Å². The van der Waals surface area contributed by atoms with E-state index in [1.165, 1.54) is 0 Å². The van der Waals surface area contributed by atoms with Crippen molar-refractivity contribution in [3.05, 3.63) is 59.7 Å². The molecule has 1 unspecified atom stereocenters. The average molecular weight is 453 g/mol. The molecule has 0 aliphatic carbocycles. The minimum atomic E-state index is -0.330. The van der Waals surface area contributed by atoms with Gasteiger partial charge < -0.3 is 29.9 Å². The van der Waals surface area contributed by atoms with E-state index in [4.69, 9.17) is 9.47 Å². The number of likely N-dealkylation sites (N-methyl/N-ethyl adjacent to an activating group) is 1. The van der Waals surface area contributed by atoms with E-state index in [-0.39, 0.29) is 31.2 Å². The van der Waals surface area contributed by atoms with E-state index >= 15 is 0 Å². The summed E-state index contributed by atoms with van der Waals surface area (Å²) in [5.41, 5.74) is 1.47. The lowest BCUT2D eigenvalue weighted by Crippen LogP contribution is -2.46. The first kappa shape index (κ1) is 23.1. The highest BCUT2D eigenvalue weighted by Crippen LogP contribution is 2.32. The van der Waals surface area contributed by atoms with Gasteiger partial charge in [0.25, 0.3) is 5.91 Å². The molecule has 2 heterocycles. The highest BCUT2D eigenvalue weighted by Gasteiger charge is 2.24. The lowest BCUT2D eigenvalue weighted by molar-refractivity contribution is -0.121. The second-order valence-electron chi connectivity index (χ2n) is 8.76. The van der Waals surface area contributed by atoms with Crippen LogP contribution in [0.4, 0.5) is 0 Å². The third kappa shape index (κ3) is 6.03. The van der Waals surface area contributed by atoms with Crippen LogP contribution in [0.2, 0.25) is 0 Å². The summed E-state index contributed by atoms with van der Waals surface area (Å²) in [5.74, 6) is 0.592. The van der Waals surface area contributed by atoms with Gasteiger partial charge >= 0.3 is 0 Å². The van der Waals surface area contributed by atoms with Crippen LogP contribution in [0.1, 0.15) is 34.8 Å². The maximum atomic E-state index is 12.8. The van der Waals surface area contributed by atoms with Crippen molar-refractivity contribution in [3.63, 3.8) is 0 Å². The minimum absolute atomic E-state index is 0.103. The van der Waals surface area contributed by atoms with E-state index in [9.17, 15) is 9.59 Å². The SMILES string of the molecule is CN1CCC(N(C)CC(NC(=O)CNC(=O)c2ccc3c(c2)OCO3)c2ccccc2)CC1. The number of piperidine rings is 1. The Morgan fingerprint density at radius 2 is 1.82 bits per heavy atom. The molecule has 1 saturated heterocycles. The zero-order chi connectivity index (χ0) is 23.2. The summed E-state index contributed by atoms with van der Waals surface area (Å²) < 4.78 is 10.6. The van der Waals surface area contributed by atoms with Gasteiger partial charge in [0.2, 0.25) is 12.7 Å². The molecule has 2 amide bonds. The quantitative estimate of drug-likeness (QED) is 0.638. The van der Waals surface area contributed by atoms with Gasteiger partial charge in [-0.3, -0.25) is 9.59 Å². The molecule has 0 aromatic heterocycles. The Bertz CT molecular complexity index is 960. The smallest absolute Gasteiger partial charge is 0.251 e. The van der Waals surface area contributed by atoms with E-state index in [1.807, 2.05) is 30.3 Å². The monoisotopic (exact) mass is 452 g/mol. The van der Waals surface area contributed by atoms with Gasteiger partial charge in [0, 0.05) is 18.2 Å². The Kier molecular flexibility index (Phi) is 7.47. The van der Waals surface area contributed by atoms with Gasteiger partial charge in [0.15, 0.2) is 11.5 Å². The number of nitrogens with one attached hydrogen (secondary N) is 2. The van der Waals surface area contributed by atoms with Crippen LogP contribution in [-0.2, 0) is 4.79 Å². The zero-order valence-electron chi connectivity index (χ0n) is 19.3. The Morgan fingerprint density at radius 1 is 1.09 bits per heavy atom. The molecule has 8 heteroatoms. The summed E-state index contributed by atoms with van der Waals surface area (Å²) in [7, 11) is 4.28. The number of ether oxygens (including phenoxy) is 2. The molecule has 0 bridgehead atoms. The third-order valence-corrected chi connectivity index (χ3v) is 6.36. The minimum Gasteiger partial charge on any atom is -0.454 e. The largest absolute Gasteiger partial charge is 0.454 e. The fourth-order valence-electron chi connectivity index (χ4n) is 4.34. The molecule has 0 saturated carbocycles. The summed E-state index contributed by atoms with van der Waals surface area (Å²) in [6.45, 7) is 2.93. The molecule has 2 N–H and O–H groups in total. The van der Waals surface area contributed by atoms with Crippen LogP contribution in [0.15, 0.2) is 48.5 Å². The van der Waals surface area contributed by atoms with Crippen molar-refractivity contribution in [2.75, 3.05) is 47.1 Å². The highest BCUT2D eigenvalue weighted by molar-refractivity contribution is 5.97. The predicted octanol–water partition coefficient (Wildman–Crippen LogP) is 2.03. The second-order valence-corrected chi connectivity index (χ2v) is 8.76. The number of rotatable bonds is 8. The summed E-state index contributed by atoms with van der Waals surface area (Å²) in [5, 5.41) is 5.81.